The van der Waals surface area contributed by atoms with E-state index >= 15 is 0 Å². The van der Waals surface area contributed by atoms with Gasteiger partial charge in [0.15, 0.2) is 0 Å². The van der Waals surface area contributed by atoms with Gasteiger partial charge in [0, 0.05) is 12.0 Å². The van der Waals surface area contributed by atoms with Crippen molar-refractivity contribution in [2.24, 2.45) is 0 Å². The molecule has 80 valence electrons. The molecule has 0 fully saturated rings. The molecular formula is C10H6Cl4O. The van der Waals surface area contributed by atoms with Gasteiger partial charge in [0.2, 0.25) is 0 Å². The number of hydrogen-bond donors (Lipinski definition) is 0. The van der Waals surface area contributed by atoms with Gasteiger partial charge in [-0.15, -0.1) is 0 Å². The van der Waals surface area contributed by atoms with Gasteiger partial charge in [-0.1, -0.05) is 46.9 Å². The predicted molar refractivity (Wildman–Crippen MR) is 64.9 cm³/mol. The van der Waals surface area contributed by atoms with Crippen molar-refractivity contribution in [3.05, 3.63) is 44.9 Å². The molecule has 0 radical (unpaired) electrons. The third-order valence-electron chi connectivity index (χ3n) is 1.75. The van der Waals surface area contributed by atoms with E-state index in [1.807, 2.05) is 0 Å². The van der Waals surface area contributed by atoms with Crippen molar-refractivity contribution >= 4 is 51.6 Å². The standard InChI is InChI=1S/C10H6Cl4O/c11-8(9(12)13)5-6-1-3-7(4-2-6)10(14)15/h1-4H,5H2. The topological polar surface area (TPSA) is 17.1 Å². The SMILES string of the molecule is O=C(Cl)c1ccc(CC(Cl)=C(Cl)Cl)cc1. The first-order chi connectivity index (χ1) is 7.00. The summed E-state index contributed by atoms with van der Waals surface area (Å²) in [6.45, 7) is 0. The fraction of sp³-hybridized carbons (Fsp3) is 0.100. The van der Waals surface area contributed by atoms with E-state index in [0.717, 1.165) is 5.56 Å². The van der Waals surface area contributed by atoms with Gasteiger partial charge in [0.25, 0.3) is 5.24 Å². The largest absolute Gasteiger partial charge is 0.276 e. The van der Waals surface area contributed by atoms with Crippen LogP contribution < -0.4 is 0 Å². The first kappa shape index (κ1) is 12.9. The summed E-state index contributed by atoms with van der Waals surface area (Å²) in [5, 5.41) is -0.123. The summed E-state index contributed by atoms with van der Waals surface area (Å²) in [5.41, 5.74) is 1.35. The fourth-order valence-corrected chi connectivity index (χ4v) is 1.41. The number of hydrogen-bond acceptors (Lipinski definition) is 1. The molecule has 0 aliphatic rings. The molecule has 0 N–H and O–H groups in total. The summed E-state index contributed by atoms with van der Waals surface area (Å²) < 4.78 is 0.0502. The number of carbonyl (C=O) groups excluding carboxylic acids is 1. The average molecular weight is 284 g/mol. The molecule has 0 aliphatic heterocycles. The van der Waals surface area contributed by atoms with Gasteiger partial charge in [-0.3, -0.25) is 4.79 Å². The molecule has 1 aromatic carbocycles. The molecule has 0 amide bonds. The summed E-state index contributed by atoms with van der Waals surface area (Å²) >= 11 is 22.1. The quantitative estimate of drug-likeness (QED) is 0.747. The minimum atomic E-state index is -0.487. The van der Waals surface area contributed by atoms with Gasteiger partial charge in [-0.05, 0) is 29.3 Å². The van der Waals surface area contributed by atoms with Crippen LogP contribution in [0.5, 0.6) is 0 Å². The Hall–Kier alpha value is -0.210. The van der Waals surface area contributed by atoms with E-state index in [9.17, 15) is 4.79 Å². The molecule has 0 spiro atoms. The molecular weight excluding hydrogens is 278 g/mol. The molecule has 0 aliphatic carbocycles. The highest BCUT2D eigenvalue weighted by Gasteiger charge is 2.04. The van der Waals surface area contributed by atoms with E-state index in [0.29, 0.717) is 17.0 Å². The Bertz CT molecular complexity index is 390. The van der Waals surface area contributed by atoms with Crippen molar-refractivity contribution in [2.75, 3.05) is 0 Å². The summed E-state index contributed by atoms with van der Waals surface area (Å²) in [7, 11) is 0. The molecule has 5 heteroatoms. The summed E-state index contributed by atoms with van der Waals surface area (Å²) in [6, 6.07) is 6.73. The smallest absolute Gasteiger partial charge is 0.252 e. The van der Waals surface area contributed by atoms with E-state index in [1.54, 1.807) is 24.3 Å². The van der Waals surface area contributed by atoms with Crippen LogP contribution in [0.15, 0.2) is 33.8 Å². The second kappa shape index (κ2) is 5.76. The monoisotopic (exact) mass is 282 g/mol. The zero-order chi connectivity index (χ0) is 11.4. The number of carbonyl (C=O) groups is 1. The third kappa shape index (κ3) is 4.04. The molecule has 15 heavy (non-hydrogen) atoms. The Morgan fingerprint density at radius 1 is 1.00 bits per heavy atom. The van der Waals surface area contributed by atoms with Gasteiger partial charge < -0.3 is 0 Å². The molecule has 0 saturated carbocycles. The number of rotatable bonds is 3. The molecule has 0 atom stereocenters. The lowest BCUT2D eigenvalue weighted by molar-refractivity contribution is 0.108. The van der Waals surface area contributed by atoms with Gasteiger partial charge >= 0.3 is 0 Å². The van der Waals surface area contributed by atoms with Crippen molar-refractivity contribution in [3.8, 4) is 0 Å². The zero-order valence-electron chi connectivity index (χ0n) is 7.44. The summed E-state index contributed by atoms with van der Waals surface area (Å²) in [5.74, 6) is 0. The van der Waals surface area contributed by atoms with Gasteiger partial charge in [0.05, 0.1) is 5.03 Å². The maximum Gasteiger partial charge on any atom is 0.252 e. The van der Waals surface area contributed by atoms with Crippen LogP contribution in [0.2, 0.25) is 0 Å². The Labute approximate surface area is 108 Å². The Morgan fingerprint density at radius 2 is 1.53 bits per heavy atom. The van der Waals surface area contributed by atoms with Crippen molar-refractivity contribution in [1.82, 2.24) is 0 Å². The number of allylic oxidation sites excluding steroid dienone is 1. The van der Waals surface area contributed by atoms with Gasteiger partial charge in [-0.25, -0.2) is 0 Å². The van der Waals surface area contributed by atoms with Crippen LogP contribution in [0.1, 0.15) is 15.9 Å². The highest BCUT2D eigenvalue weighted by Crippen LogP contribution is 2.22. The average Bonchev–Trinajstić information content (AvgIpc) is 2.18. The lowest BCUT2D eigenvalue weighted by atomic mass is 10.1. The molecule has 0 aromatic heterocycles. The fourth-order valence-electron chi connectivity index (χ4n) is 1.000. The van der Waals surface area contributed by atoms with Gasteiger partial charge in [0.1, 0.15) is 4.49 Å². The highest BCUT2D eigenvalue weighted by molar-refractivity contribution is 6.67. The van der Waals surface area contributed by atoms with Crippen LogP contribution in [0.25, 0.3) is 0 Å². The molecule has 1 rings (SSSR count). The summed E-state index contributed by atoms with van der Waals surface area (Å²) in [4.78, 5) is 10.8. The minimum absolute atomic E-state index is 0.0502. The van der Waals surface area contributed by atoms with E-state index in [1.165, 1.54) is 0 Å². The Morgan fingerprint density at radius 3 is 1.93 bits per heavy atom. The van der Waals surface area contributed by atoms with E-state index < -0.39 is 5.24 Å². The van der Waals surface area contributed by atoms with Crippen molar-refractivity contribution in [2.45, 2.75) is 6.42 Å². The number of benzene rings is 1. The van der Waals surface area contributed by atoms with Gasteiger partial charge in [-0.2, -0.15) is 0 Å². The van der Waals surface area contributed by atoms with E-state index in [2.05, 4.69) is 0 Å². The lowest BCUT2D eigenvalue weighted by Gasteiger charge is -2.01. The van der Waals surface area contributed by atoms with Crippen LogP contribution in [-0.2, 0) is 6.42 Å². The van der Waals surface area contributed by atoms with Crippen LogP contribution >= 0.6 is 46.4 Å². The Kier molecular flexibility index (Phi) is 4.94. The van der Waals surface area contributed by atoms with Crippen LogP contribution in [0.4, 0.5) is 0 Å². The van der Waals surface area contributed by atoms with Crippen LogP contribution in [0, 0.1) is 0 Å². The van der Waals surface area contributed by atoms with Crippen molar-refractivity contribution in [1.29, 1.82) is 0 Å². The van der Waals surface area contributed by atoms with E-state index in [-0.39, 0.29) is 4.49 Å². The molecule has 1 aromatic rings. The second-order valence-corrected chi connectivity index (χ2v) is 4.56. The minimum Gasteiger partial charge on any atom is -0.276 e. The molecule has 0 heterocycles. The van der Waals surface area contributed by atoms with Crippen molar-refractivity contribution < 1.29 is 4.79 Å². The zero-order valence-corrected chi connectivity index (χ0v) is 10.5. The first-order valence-corrected chi connectivity index (χ1v) is 5.50. The second-order valence-electron chi connectivity index (χ2n) is 2.81. The first-order valence-electron chi connectivity index (χ1n) is 3.99. The number of halogens is 4. The lowest BCUT2D eigenvalue weighted by Crippen LogP contribution is -1.90. The molecule has 0 bridgehead atoms. The normalized spacial score (nSPS) is 9.87. The Balaban J connectivity index is 2.82. The highest BCUT2D eigenvalue weighted by atomic mass is 35.5. The van der Waals surface area contributed by atoms with Crippen LogP contribution in [-0.4, -0.2) is 5.24 Å². The van der Waals surface area contributed by atoms with Crippen molar-refractivity contribution in [3.63, 3.8) is 0 Å². The maximum absolute atomic E-state index is 10.8. The molecule has 0 unspecified atom stereocenters. The molecule has 1 nitrogen and oxygen atoms in total. The molecule has 0 saturated heterocycles. The maximum atomic E-state index is 10.8. The predicted octanol–water partition coefficient (Wildman–Crippen LogP) is 4.49. The third-order valence-corrected chi connectivity index (χ3v) is 2.94. The van der Waals surface area contributed by atoms with Crippen LogP contribution in [0.3, 0.4) is 0 Å². The summed E-state index contributed by atoms with van der Waals surface area (Å²) in [6.07, 6.45) is 0.431. The van der Waals surface area contributed by atoms with E-state index in [4.69, 9.17) is 46.4 Å².